The number of hydrogen-bond donors (Lipinski definition) is 3. The summed E-state index contributed by atoms with van der Waals surface area (Å²) in [7, 11) is 1.60. The van der Waals surface area contributed by atoms with Crippen molar-refractivity contribution in [2.24, 2.45) is 11.8 Å². The molecule has 4 aromatic carbocycles. The van der Waals surface area contributed by atoms with Crippen molar-refractivity contribution in [1.29, 1.82) is 0 Å². The number of ether oxygens (including phenoxy) is 3. The summed E-state index contributed by atoms with van der Waals surface area (Å²) in [4.78, 5) is 42.3. The van der Waals surface area contributed by atoms with Gasteiger partial charge in [0.05, 0.1) is 24.8 Å². The van der Waals surface area contributed by atoms with E-state index in [0.29, 0.717) is 54.3 Å². The first kappa shape index (κ1) is 38.1. The van der Waals surface area contributed by atoms with Crippen LogP contribution in [-0.4, -0.2) is 60.0 Å². The number of carboxylic acid groups (broad SMARTS) is 1. The number of alkyl carbamates (subject to hydrolysis) is 1. The lowest BCUT2D eigenvalue weighted by Crippen LogP contribution is -2.42. The molecule has 1 heterocycles. The SMILES string of the molecule is COc1ccc(-c2ccc3nccc(C(=O)O)c3c2)c(OCC[C@@H](Cc2ccc3ccccc3c2)NC(=O)C2CCC(CNC(=O)OC(C)(C)C)CC2)c1. The highest BCUT2D eigenvalue weighted by atomic mass is 16.6. The van der Waals surface area contributed by atoms with Gasteiger partial charge in [-0.15, -0.1) is 0 Å². The molecule has 1 aliphatic rings. The van der Waals surface area contributed by atoms with Crippen LogP contribution in [0.15, 0.2) is 91.1 Å². The van der Waals surface area contributed by atoms with Crippen molar-refractivity contribution in [3.63, 3.8) is 0 Å². The van der Waals surface area contributed by atoms with Gasteiger partial charge >= 0.3 is 12.1 Å². The number of aromatic carboxylic acids is 1. The molecule has 3 N–H and O–H groups in total. The molecule has 282 valence electrons. The maximum Gasteiger partial charge on any atom is 0.407 e. The first-order chi connectivity index (χ1) is 26.0. The molecule has 0 spiro atoms. The largest absolute Gasteiger partial charge is 0.497 e. The van der Waals surface area contributed by atoms with E-state index >= 15 is 0 Å². The summed E-state index contributed by atoms with van der Waals surface area (Å²) in [6.07, 6.45) is 5.48. The fraction of sp³-hybridized carbons (Fsp3) is 0.364. The Kier molecular flexibility index (Phi) is 12.0. The van der Waals surface area contributed by atoms with Gasteiger partial charge in [0.2, 0.25) is 5.91 Å². The lowest BCUT2D eigenvalue weighted by molar-refractivity contribution is -0.127. The van der Waals surface area contributed by atoms with Gasteiger partial charge < -0.3 is 30.0 Å². The standard InChI is InChI=1S/C44H49N3O7/c1-44(2,3)54-43(51)46-27-28-9-13-31(14-10-28)41(48)47-34(24-29-11-12-30-7-5-6-8-32(30)23-29)20-22-53-40-26-35(52-4)16-17-36(40)33-15-18-39-38(25-33)37(42(49)50)19-21-45-39/h5-8,11-12,15-19,21,23,25-26,28,31,34H,9-10,13-14,20,22,24,27H2,1-4H3,(H,46,51)(H,47,48)(H,49,50)/t28?,31?,34-/m0/s1. The Balaban J connectivity index is 1.15. The second-order valence-electron chi connectivity index (χ2n) is 15.1. The lowest BCUT2D eigenvalue weighted by atomic mass is 9.81. The lowest BCUT2D eigenvalue weighted by Gasteiger charge is -2.30. The fourth-order valence-corrected chi connectivity index (χ4v) is 7.16. The van der Waals surface area contributed by atoms with Crippen LogP contribution >= 0.6 is 0 Å². The van der Waals surface area contributed by atoms with Crippen LogP contribution in [0.5, 0.6) is 11.5 Å². The molecular formula is C44H49N3O7. The maximum atomic E-state index is 13.8. The highest BCUT2D eigenvalue weighted by molar-refractivity contribution is 6.03. The van der Waals surface area contributed by atoms with Gasteiger partial charge in [0.1, 0.15) is 17.1 Å². The highest BCUT2D eigenvalue weighted by Crippen LogP contribution is 2.36. The van der Waals surface area contributed by atoms with Gasteiger partial charge in [-0.2, -0.15) is 0 Å². The molecule has 0 saturated heterocycles. The number of aromatic nitrogens is 1. The molecule has 10 heteroatoms. The number of carboxylic acids is 1. The Hall–Kier alpha value is -5.64. The normalized spacial score (nSPS) is 16.4. The number of nitrogens with zero attached hydrogens (tertiary/aromatic N) is 1. The number of nitrogens with one attached hydrogen (secondary N) is 2. The minimum absolute atomic E-state index is 0.0421. The number of rotatable bonds is 13. The van der Waals surface area contributed by atoms with Crippen molar-refractivity contribution < 1.29 is 33.7 Å². The molecule has 54 heavy (non-hydrogen) atoms. The van der Waals surface area contributed by atoms with Gasteiger partial charge in [0.25, 0.3) is 0 Å². The number of hydrogen-bond acceptors (Lipinski definition) is 7. The Bertz CT molecular complexity index is 2120. The zero-order chi connectivity index (χ0) is 38.2. The van der Waals surface area contributed by atoms with Crippen molar-refractivity contribution in [3.8, 4) is 22.6 Å². The highest BCUT2D eigenvalue weighted by Gasteiger charge is 2.28. The maximum absolute atomic E-state index is 13.8. The van der Waals surface area contributed by atoms with E-state index < -0.39 is 17.7 Å². The van der Waals surface area contributed by atoms with Crippen molar-refractivity contribution in [1.82, 2.24) is 15.6 Å². The molecule has 1 atom stereocenters. The van der Waals surface area contributed by atoms with Crippen LogP contribution in [0.4, 0.5) is 4.79 Å². The van der Waals surface area contributed by atoms with E-state index in [4.69, 9.17) is 14.2 Å². The van der Waals surface area contributed by atoms with Crippen molar-refractivity contribution in [2.75, 3.05) is 20.3 Å². The Labute approximate surface area is 316 Å². The molecule has 1 aliphatic carbocycles. The van der Waals surface area contributed by atoms with Crippen LogP contribution in [0, 0.1) is 11.8 Å². The molecule has 0 radical (unpaired) electrons. The number of pyridine rings is 1. The summed E-state index contributed by atoms with van der Waals surface area (Å²) >= 11 is 0. The topological polar surface area (TPSA) is 136 Å². The molecular weight excluding hydrogens is 682 g/mol. The van der Waals surface area contributed by atoms with Crippen LogP contribution in [-0.2, 0) is 16.0 Å². The van der Waals surface area contributed by atoms with Crippen LogP contribution in [0.3, 0.4) is 0 Å². The zero-order valence-electron chi connectivity index (χ0n) is 31.4. The number of amides is 2. The molecule has 0 bridgehead atoms. The Morgan fingerprint density at radius 2 is 1.69 bits per heavy atom. The predicted molar refractivity (Wildman–Crippen MR) is 210 cm³/mol. The number of carbonyl (C=O) groups is 3. The number of carbonyl (C=O) groups excluding carboxylic acids is 2. The van der Waals surface area contributed by atoms with Gasteiger partial charge in [0, 0.05) is 48.1 Å². The van der Waals surface area contributed by atoms with Crippen molar-refractivity contribution in [3.05, 3.63) is 102 Å². The summed E-state index contributed by atoms with van der Waals surface area (Å²) < 4.78 is 17.4. The zero-order valence-corrected chi connectivity index (χ0v) is 31.4. The van der Waals surface area contributed by atoms with Gasteiger partial charge in [-0.3, -0.25) is 9.78 Å². The van der Waals surface area contributed by atoms with Crippen LogP contribution < -0.4 is 20.1 Å². The second-order valence-corrected chi connectivity index (χ2v) is 15.1. The first-order valence-electron chi connectivity index (χ1n) is 18.6. The summed E-state index contributed by atoms with van der Waals surface area (Å²) in [5.74, 6) is 0.429. The molecule has 10 nitrogen and oxygen atoms in total. The molecule has 1 fully saturated rings. The second kappa shape index (κ2) is 17.0. The predicted octanol–water partition coefficient (Wildman–Crippen LogP) is 8.59. The first-order valence-corrected chi connectivity index (χ1v) is 18.6. The van der Waals surface area contributed by atoms with Crippen LogP contribution in [0.1, 0.15) is 68.8 Å². The molecule has 0 aliphatic heterocycles. The van der Waals surface area contributed by atoms with E-state index in [1.54, 1.807) is 7.11 Å². The van der Waals surface area contributed by atoms with E-state index in [9.17, 15) is 19.5 Å². The van der Waals surface area contributed by atoms with Gasteiger partial charge in [0.15, 0.2) is 0 Å². The fourth-order valence-electron chi connectivity index (χ4n) is 7.16. The third-order valence-corrected chi connectivity index (χ3v) is 9.99. The van der Waals surface area contributed by atoms with Gasteiger partial charge in [-0.05, 0) is 111 Å². The van der Waals surface area contributed by atoms with E-state index in [0.717, 1.165) is 53.1 Å². The molecule has 0 unspecified atom stereocenters. The monoisotopic (exact) mass is 731 g/mol. The molecule has 6 rings (SSSR count). The number of benzene rings is 4. The average Bonchev–Trinajstić information content (AvgIpc) is 3.16. The number of methoxy groups -OCH3 is 1. The number of fused-ring (bicyclic) bond motifs is 2. The summed E-state index contributed by atoms with van der Waals surface area (Å²) in [5, 5.41) is 18.9. The van der Waals surface area contributed by atoms with E-state index in [1.165, 1.54) is 12.3 Å². The van der Waals surface area contributed by atoms with Gasteiger partial charge in [-0.25, -0.2) is 9.59 Å². The van der Waals surface area contributed by atoms with E-state index in [-0.39, 0.29) is 23.4 Å². The van der Waals surface area contributed by atoms with Gasteiger partial charge in [-0.1, -0.05) is 48.5 Å². The minimum Gasteiger partial charge on any atom is -0.497 e. The van der Waals surface area contributed by atoms with Crippen molar-refractivity contribution >= 4 is 39.6 Å². The summed E-state index contributed by atoms with van der Waals surface area (Å²) in [6.45, 7) is 6.38. The van der Waals surface area contributed by atoms with Crippen molar-refractivity contribution in [2.45, 2.75) is 70.9 Å². The van der Waals surface area contributed by atoms with Crippen LogP contribution in [0.25, 0.3) is 32.8 Å². The van der Waals surface area contributed by atoms with E-state index in [2.05, 4.69) is 45.9 Å². The quantitative estimate of drug-likeness (QED) is 0.110. The van der Waals surface area contributed by atoms with Crippen LogP contribution in [0.2, 0.25) is 0 Å². The third kappa shape index (κ3) is 9.86. The molecule has 5 aromatic rings. The molecule has 2 amide bonds. The summed E-state index contributed by atoms with van der Waals surface area (Å²) in [5.41, 5.74) is 2.91. The summed E-state index contributed by atoms with van der Waals surface area (Å²) in [6, 6.07) is 27.1. The minimum atomic E-state index is -1.02. The Morgan fingerprint density at radius 3 is 2.43 bits per heavy atom. The smallest absolute Gasteiger partial charge is 0.407 e. The molecule has 1 saturated carbocycles. The third-order valence-electron chi connectivity index (χ3n) is 9.99. The average molecular weight is 732 g/mol. The molecule has 1 aromatic heterocycles. The Morgan fingerprint density at radius 1 is 0.907 bits per heavy atom. The van der Waals surface area contributed by atoms with E-state index in [1.807, 2.05) is 69.3 Å².